The predicted molar refractivity (Wildman–Crippen MR) is 81.5 cm³/mol. The van der Waals surface area contributed by atoms with E-state index in [1.165, 1.54) is 0 Å². The normalized spacial score (nSPS) is 20.8. The first kappa shape index (κ1) is 17.2. The van der Waals surface area contributed by atoms with E-state index in [-0.39, 0.29) is 29.7 Å². The summed E-state index contributed by atoms with van der Waals surface area (Å²) in [5, 5.41) is 3.24. The summed E-state index contributed by atoms with van der Waals surface area (Å²) in [5.74, 6) is 0.851. The SMILES string of the molecule is CCC1CCN(C(=O)C[C@H](NC(C)C)C(=O)C(C)C)C1. The van der Waals surface area contributed by atoms with Gasteiger partial charge in [0.25, 0.3) is 0 Å². The molecular formula is C16H30N2O2. The van der Waals surface area contributed by atoms with E-state index in [0.717, 1.165) is 25.9 Å². The van der Waals surface area contributed by atoms with Crippen molar-refractivity contribution in [1.29, 1.82) is 0 Å². The first-order valence-electron chi connectivity index (χ1n) is 7.92. The number of hydrogen-bond acceptors (Lipinski definition) is 3. The fourth-order valence-electron chi connectivity index (χ4n) is 2.74. The smallest absolute Gasteiger partial charge is 0.224 e. The van der Waals surface area contributed by atoms with Gasteiger partial charge in [-0.2, -0.15) is 0 Å². The van der Waals surface area contributed by atoms with Crippen molar-refractivity contribution in [3.05, 3.63) is 0 Å². The van der Waals surface area contributed by atoms with E-state index < -0.39 is 0 Å². The zero-order valence-electron chi connectivity index (χ0n) is 13.6. The first-order chi connectivity index (χ1) is 9.35. The average molecular weight is 282 g/mol. The van der Waals surface area contributed by atoms with Gasteiger partial charge in [-0.25, -0.2) is 0 Å². The van der Waals surface area contributed by atoms with Gasteiger partial charge in [-0.05, 0) is 12.3 Å². The van der Waals surface area contributed by atoms with Gasteiger partial charge in [-0.1, -0.05) is 41.0 Å². The van der Waals surface area contributed by atoms with Gasteiger partial charge in [0.2, 0.25) is 5.91 Å². The van der Waals surface area contributed by atoms with Crippen molar-refractivity contribution in [3.8, 4) is 0 Å². The highest BCUT2D eigenvalue weighted by molar-refractivity contribution is 5.91. The largest absolute Gasteiger partial charge is 0.342 e. The molecule has 0 spiro atoms. The molecule has 0 radical (unpaired) electrons. The van der Waals surface area contributed by atoms with Gasteiger partial charge in [0, 0.05) is 31.5 Å². The van der Waals surface area contributed by atoms with Crippen molar-refractivity contribution in [2.24, 2.45) is 11.8 Å². The minimum atomic E-state index is -0.344. The van der Waals surface area contributed by atoms with Gasteiger partial charge in [0.05, 0.1) is 6.04 Å². The van der Waals surface area contributed by atoms with E-state index in [2.05, 4.69) is 12.2 Å². The van der Waals surface area contributed by atoms with Crippen LogP contribution in [0.1, 0.15) is 53.9 Å². The minimum absolute atomic E-state index is 0.0407. The molecule has 1 amide bonds. The number of rotatable bonds is 7. The Morgan fingerprint density at radius 2 is 1.90 bits per heavy atom. The molecule has 0 saturated carbocycles. The Morgan fingerprint density at radius 3 is 2.35 bits per heavy atom. The summed E-state index contributed by atoms with van der Waals surface area (Å²) in [4.78, 5) is 26.5. The third-order valence-electron chi connectivity index (χ3n) is 4.04. The van der Waals surface area contributed by atoms with Crippen molar-refractivity contribution in [3.63, 3.8) is 0 Å². The summed E-state index contributed by atoms with van der Waals surface area (Å²) in [6.07, 6.45) is 2.52. The highest BCUT2D eigenvalue weighted by Crippen LogP contribution is 2.20. The molecule has 0 bridgehead atoms. The predicted octanol–water partition coefficient (Wildman–Crippen LogP) is 2.23. The van der Waals surface area contributed by atoms with Gasteiger partial charge in [-0.3, -0.25) is 9.59 Å². The van der Waals surface area contributed by atoms with Gasteiger partial charge in [0.1, 0.15) is 0 Å². The van der Waals surface area contributed by atoms with E-state index in [1.807, 2.05) is 32.6 Å². The van der Waals surface area contributed by atoms with Crippen LogP contribution in [0.25, 0.3) is 0 Å². The topological polar surface area (TPSA) is 49.4 Å². The molecule has 1 aliphatic rings. The van der Waals surface area contributed by atoms with Crippen molar-refractivity contribution >= 4 is 11.7 Å². The molecule has 1 aliphatic heterocycles. The lowest BCUT2D eigenvalue weighted by Crippen LogP contribution is -2.46. The van der Waals surface area contributed by atoms with Crippen LogP contribution in [0.4, 0.5) is 0 Å². The molecule has 0 aromatic heterocycles. The lowest BCUT2D eigenvalue weighted by molar-refractivity contribution is -0.134. The molecule has 1 unspecified atom stereocenters. The number of likely N-dealkylation sites (tertiary alicyclic amines) is 1. The number of carbonyl (C=O) groups excluding carboxylic acids is 2. The molecule has 0 aromatic carbocycles. The van der Waals surface area contributed by atoms with Crippen LogP contribution in [0.5, 0.6) is 0 Å². The maximum absolute atomic E-state index is 12.4. The van der Waals surface area contributed by atoms with Crippen LogP contribution in [0, 0.1) is 11.8 Å². The second-order valence-corrected chi connectivity index (χ2v) is 6.54. The van der Waals surface area contributed by atoms with Crippen LogP contribution in [-0.2, 0) is 9.59 Å². The number of ketones is 1. The Bertz CT molecular complexity index is 339. The van der Waals surface area contributed by atoms with Crippen LogP contribution in [0.2, 0.25) is 0 Å². The quantitative estimate of drug-likeness (QED) is 0.779. The first-order valence-corrected chi connectivity index (χ1v) is 7.92. The molecule has 2 atom stereocenters. The van der Waals surface area contributed by atoms with Gasteiger partial charge in [-0.15, -0.1) is 0 Å². The summed E-state index contributed by atoms with van der Waals surface area (Å²) in [7, 11) is 0. The molecule has 4 heteroatoms. The third kappa shape index (κ3) is 4.89. The number of nitrogens with one attached hydrogen (secondary N) is 1. The lowest BCUT2D eigenvalue weighted by Gasteiger charge is -2.24. The molecule has 20 heavy (non-hydrogen) atoms. The van der Waals surface area contributed by atoms with Crippen LogP contribution in [0.15, 0.2) is 0 Å². The average Bonchev–Trinajstić information content (AvgIpc) is 2.85. The fraction of sp³-hybridized carbons (Fsp3) is 0.875. The molecule has 1 N–H and O–H groups in total. The number of nitrogens with zero attached hydrogens (tertiary/aromatic N) is 1. The zero-order chi connectivity index (χ0) is 15.3. The van der Waals surface area contributed by atoms with Crippen LogP contribution in [0.3, 0.4) is 0 Å². The van der Waals surface area contributed by atoms with Gasteiger partial charge in [0.15, 0.2) is 5.78 Å². The summed E-state index contributed by atoms with van der Waals surface area (Å²) in [6.45, 7) is 11.7. The fourth-order valence-corrected chi connectivity index (χ4v) is 2.74. The Balaban J connectivity index is 2.60. The van der Waals surface area contributed by atoms with E-state index in [4.69, 9.17) is 0 Å². The highest BCUT2D eigenvalue weighted by atomic mass is 16.2. The zero-order valence-corrected chi connectivity index (χ0v) is 13.6. The Labute approximate surface area is 123 Å². The Kier molecular flexibility index (Phi) is 6.66. The van der Waals surface area contributed by atoms with E-state index in [0.29, 0.717) is 12.3 Å². The number of carbonyl (C=O) groups is 2. The maximum atomic E-state index is 12.4. The van der Waals surface area contributed by atoms with Crippen molar-refractivity contribution < 1.29 is 9.59 Å². The second kappa shape index (κ2) is 7.77. The minimum Gasteiger partial charge on any atom is -0.342 e. The standard InChI is InChI=1S/C16H30N2O2/c1-6-13-7-8-18(10-13)15(19)9-14(17-12(4)5)16(20)11(2)3/h11-14,17H,6-10H2,1-5H3/t13?,14-/m0/s1. The van der Waals surface area contributed by atoms with E-state index >= 15 is 0 Å². The molecule has 1 heterocycles. The monoisotopic (exact) mass is 282 g/mol. The van der Waals surface area contributed by atoms with Crippen molar-refractivity contribution in [2.75, 3.05) is 13.1 Å². The molecule has 0 aliphatic carbocycles. The second-order valence-electron chi connectivity index (χ2n) is 6.54. The van der Waals surface area contributed by atoms with Crippen LogP contribution < -0.4 is 5.32 Å². The maximum Gasteiger partial charge on any atom is 0.224 e. The summed E-state index contributed by atoms with van der Waals surface area (Å²) < 4.78 is 0. The number of amides is 1. The molecule has 1 rings (SSSR count). The summed E-state index contributed by atoms with van der Waals surface area (Å²) in [6, 6.07) is -0.138. The molecule has 1 fully saturated rings. The van der Waals surface area contributed by atoms with Crippen LogP contribution in [-0.4, -0.2) is 41.8 Å². The molecular weight excluding hydrogens is 252 g/mol. The molecule has 4 nitrogen and oxygen atoms in total. The van der Waals surface area contributed by atoms with Crippen molar-refractivity contribution in [2.45, 2.75) is 66.0 Å². The summed E-state index contributed by atoms with van der Waals surface area (Å²) in [5.41, 5.74) is 0. The number of hydrogen-bond donors (Lipinski definition) is 1. The Morgan fingerprint density at radius 1 is 1.25 bits per heavy atom. The number of Topliss-reactive ketones (excluding diaryl/α,β-unsaturated/α-hetero) is 1. The summed E-state index contributed by atoms with van der Waals surface area (Å²) >= 11 is 0. The molecule has 0 aromatic rings. The van der Waals surface area contributed by atoms with Gasteiger partial charge < -0.3 is 10.2 Å². The molecule has 116 valence electrons. The lowest BCUT2D eigenvalue weighted by atomic mass is 9.98. The Hall–Kier alpha value is -0.900. The van der Waals surface area contributed by atoms with E-state index in [1.54, 1.807) is 0 Å². The van der Waals surface area contributed by atoms with E-state index in [9.17, 15) is 9.59 Å². The van der Waals surface area contributed by atoms with Crippen molar-refractivity contribution in [1.82, 2.24) is 10.2 Å². The molecule has 1 saturated heterocycles. The van der Waals surface area contributed by atoms with Crippen LogP contribution >= 0.6 is 0 Å². The van der Waals surface area contributed by atoms with Gasteiger partial charge >= 0.3 is 0 Å². The highest BCUT2D eigenvalue weighted by Gasteiger charge is 2.30. The third-order valence-corrected chi connectivity index (χ3v) is 4.04.